The van der Waals surface area contributed by atoms with Crippen molar-refractivity contribution in [1.29, 1.82) is 0 Å². The molecule has 0 unspecified atom stereocenters. The molecule has 184 valence electrons. The van der Waals surface area contributed by atoms with Gasteiger partial charge in [-0.05, 0) is 71.4 Å². The Kier molecular flexibility index (Phi) is 6.78. The molecule has 5 rings (SSSR count). The molecule has 2 N–H and O–H groups in total. The molecule has 36 heavy (non-hydrogen) atoms. The van der Waals surface area contributed by atoms with Gasteiger partial charge in [-0.1, -0.05) is 23.2 Å². The lowest BCUT2D eigenvalue weighted by Crippen LogP contribution is -2.35. The zero-order chi connectivity index (χ0) is 25.4. The van der Waals surface area contributed by atoms with E-state index >= 15 is 0 Å². The molecule has 1 fully saturated rings. The zero-order valence-electron chi connectivity index (χ0n) is 18.7. The Morgan fingerprint density at radius 1 is 1.19 bits per heavy atom. The van der Waals surface area contributed by atoms with Crippen molar-refractivity contribution >= 4 is 68.0 Å². The lowest BCUT2D eigenvalue weighted by Gasteiger charge is -2.17. The van der Waals surface area contributed by atoms with Gasteiger partial charge in [-0.25, -0.2) is 9.67 Å². The smallest absolute Gasteiger partial charge is 0.274 e. The van der Waals surface area contributed by atoms with Gasteiger partial charge in [0.2, 0.25) is 5.88 Å². The summed E-state index contributed by atoms with van der Waals surface area (Å²) in [6.07, 6.45) is 3.32. The maximum absolute atomic E-state index is 13.6. The Hall–Kier alpha value is -2.92. The molecule has 1 aromatic carbocycles. The third-order valence-electron chi connectivity index (χ3n) is 5.53. The van der Waals surface area contributed by atoms with Gasteiger partial charge in [-0.2, -0.15) is 0 Å². The summed E-state index contributed by atoms with van der Waals surface area (Å²) in [5.74, 6) is 0.112. The van der Waals surface area contributed by atoms with Gasteiger partial charge >= 0.3 is 0 Å². The first kappa shape index (κ1) is 24.8. The number of halogens is 3. The van der Waals surface area contributed by atoms with E-state index in [9.17, 15) is 9.59 Å². The topological polar surface area (TPSA) is 98.1 Å². The number of thiophene rings is 1. The number of benzene rings is 1. The number of nitrogens with one attached hydrogen (secondary N) is 2. The second-order valence-corrected chi connectivity index (χ2v) is 10.9. The minimum absolute atomic E-state index is 0.100. The molecule has 0 aliphatic heterocycles. The summed E-state index contributed by atoms with van der Waals surface area (Å²) in [5, 5.41) is 14.5. The van der Waals surface area contributed by atoms with Crippen LogP contribution in [0, 0.1) is 0 Å². The van der Waals surface area contributed by atoms with Crippen LogP contribution >= 0.6 is 50.5 Å². The number of nitrogens with zero attached hydrogens (tertiary/aromatic N) is 3. The van der Waals surface area contributed by atoms with Crippen molar-refractivity contribution in [2.24, 2.45) is 0 Å². The van der Waals surface area contributed by atoms with E-state index in [1.54, 1.807) is 30.5 Å². The molecule has 0 bridgehead atoms. The van der Waals surface area contributed by atoms with Gasteiger partial charge in [-0.3, -0.25) is 9.59 Å². The van der Waals surface area contributed by atoms with Gasteiger partial charge in [-0.15, -0.1) is 16.4 Å². The van der Waals surface area contributed by atoms with Gasteiger partial charge < -0.3 is 15.4 Å². The van der Waals surface area contributed by atoms with E-state index in [0.29, 0.717) is 20.3 Å². The molecule has 0 radical (unpaired) electrons. The summed E-state index contributed by atoms with van der Waals surface area (Å²) in [5.41, 5.74) is 0.345. The lowest BCUT2D eigenvalue weighted by atomic mass is 10.1. The monoisotopic (exact) mass is 605 g/mol. The van der Waals surface area contributed by atoms with Crippen LogP contribution in [-0.4, -0.2) is 32.1 Å². The third-order valence-corrected chi connectivity index (χ3v) is 7.33. The number of amides is 2. The minimum atomic E-state index is -0.556. The van der Waals surface area contributed by atoms with Crippen LogP contribution < -0.4 is 15.4 Å². The normalized spacial score (nSPS) is 13.8. The van der Waals surface area contributed by atoms with Crippen molar-refractivity contribution in [3.05, 3.63) is 79.1 Å². The predicted molar refractivity (Wildman–Crippen MR) is 143 cm³/mol. The highest BCUT2D eigenvalue weighted by Crippen LogP contribution is 2.37. The number of rotatable bonds is 7. The van der Waals surface area contributed by atoms with Gasteiger partial charge in [0, 0.05) is 32.7 Å². The fourth-order valence-corrected chi connectivity index (χ4v) is 5.07. The standard InChI is InChI=1S/C24H18BrCl2N5O3S/c1-24(5-6-24)30-22(33)15-9-13(26)10-16(25)20(15)29-23(34)18-11-19(35-14-4-8-36-12-14)31-32(18)21-17(27)3-2-7-28-21/h2-4,7-12H,5-6H2,1H3,(H,29,34)(H,30,33). The number of ether oxygens (including phenoxy) is 1. The van der Waals surface area contributed by atoms with E-state index in [1.807, 2.05) is 17.7 Å². The average Bonchev–Trinajstić information content (AvgIpc) is 3.21. The SMILES string of the molecule is CC1(NC(=O)c2cc(Cl)cc(Br)c2NC(=O)c2cc(Oc3ccsc3)nn2-c2ncccc2Cl)CC1. The summed E-state index contributed by atoms with van der Waals surface area (Å²) in [7, 11) is 0. The van der Waals surface area contributed by atoms with Crippen molar-refractivity contribution in [2.45, 2.75) is 25.3 Å². The molecule has 0 atom stereocenters. The maximum atomic E-state index is 13.6. The van der Waals surface area contributed by atoms with Crippen molar-refractivity contribution in [2.75, 3.05) is 5.32 Å². The van der Waals surface area contributed by atoms with Gasteiger partial charge in [0.1, 0.15) is 11.4 Å². The molecule has 0 spiro atoms. The summed E-state index contributed by atoms with van der Waals surface area (Å²) in [4.78, 5) is 30.9. The van der Waals surface area contributed by atoms with Crippen LogP contribution in [0.5, 0.6) is 11.6 Å². The van der Waals surface area contributed by atoms with E-state index in [1.165, 1.54) is 28.2 Å². The lowest BCUT2D eigenvalue weighted by molar-refractivity contribution is 0.0936. The van der Waals surface area contributed by atoms with E-state index in [4.69, 9.17) is 27.9 Å². The number of anilines is 1. The number of carbonyl (C=O) groups is 2. The van der Waals surface area contributed by atoms with Crippen LogP contribution in [-0.2, 0) is 0 Å². The Bertz CT molecular complexity index is 1470. The van der Waals surface area contributed by atoms with Crippen LogP contribution in [0.15, 0.2) is 57.8 Å². The van der Waals surface area contributed by atoms with E-state index in [2.05, 4.69) is 36.6 Å². The molecular formula is C24H18BrCl2N5O3S. The quantitative estimate of drug-likeness (QED) is 0.243. The van der Waals surface area contributed by atoms with Crippen molar-refractivity contribution in [3.63, 3.8) is 0 Å². The highest BCUT2D eigenvalue weighted by atomic mass is 79.9. The largest absolute Gasteiger partial charge is 0.437 e. The molecule has 4 aromatic rings. The first-order valence-corrected chi connectivity index (χ1v) is 13.3. The molecule has 0 saturated heterocycles. The fourth-order valence-electron chi connectivity index (χ4n) is 3.41. The number of aromatic nitrogens is 3. The highest BCUT2D eigenvalue weighted by Gasteiger charge is 2.39. The summed E-state index contributed by atoms with van der Waals surface area (Å²) in [6, 6.07) is 9.70. The fraction of sp³-hybridized carbons (Fsp3) is 0.167. The van der Waals surface area contributed by atoms with Crippen molar-refractivity contribution in [3.8, 4) is 17.4 Å². The first-order valence-electron chi connectivity index (χ1n) is 10.8. The number of carbonyl (C=O) groups excluding carboxylic acids is 2. The Morgan fingerprint density at radius 2 is 2.00 bits per heavy atom. The summed E-state index contributed by atoms with van der Waals surface area (Å²) >= 11 is 17.5. The molecular weight excluding hydrogens is 589 g/mol. The highest BCUT2D eigenvalue weighted by molar-refractivity contribution is 9.10. The van der Waals surface area contributed by atoms with Crippen LogP contribution in [0.1, 0.15) is 40.6 Å². The minimum Gasteiger partial charge on any atom is -0.437 e. The van der Waals surface area contributed by atoms with Crippen LogP contribution in [0.3, 0.4) is 0 Å². The van der Waals surface area contributed by atoms with E-state index in [-0.39, 0.29) is 40.1 Å². The first-order chi connectivity index (χ1) is 17.2. The molecule has 1 saturated carbocycles. The van der Waals surface area contributed by atoms with E-state index in [0.717, 1.165) is 12.8 Å². The van der Waals surface area contributed by atoms with Crippen LogP contribution in [0.4, 0.5) is 5.69 Å². The maximum Gasteiger partial charge on any atom is 0.274 e. The number of pyridine rings is 1. The third kappa shape index (κ3) is 5.27. The molecule has 3 heterocycles. The Balaban J connectivity index is 1.52. The molecule has 8 nitrogen and oxygen atoms in total. The zero-order valence-corrected chi connectivity index (χ0v) is 22.6. The van der Waals surface area contributed by atoms with Crippen LogP contribution in [0.2, 0.25) is 10.0 Å². The number of hydrogen-bond donors (Lipinski definition) is 2. The van der Waals surface area contributed by atoms with Gasteiger partial charge in [0.05, 0.1) is 16.3 Å². The Morgan fingerprint density at radius 3 is 2.69 bits per heavy atom. The van der Waals surface area contributed by atoms with Crippen molar-refractivity contribution in [1.82, 2.24) is 20.1 Å². The number of hydrogen-bond acceptors (Lipinski definition) is 6. The molecule has 2 amide bonds. The molecule has 3 aromatic heterocycles. The molecule has 12 heteroatoms. The summed E-state index contributed by atoms with van der Waals surface area (Å²) in [6.45, 7) is 1.97. The second-order valence-electron chi connectivity index (χ2n) is 8.43. The molecule has 1 aliphatic rings. The average molecular weight is 607 g/mol. The Labute approximate surface area is 228 Å². The van der Waals surface area contributed by atoms with Crippen molar-refractivity contribution < 1.29 is 14.3 Å². The van der Waals surface area contributed by atoms with Crippen LogP contribution in [0.25, 0.3) is 5.82 Å². The van der Waals surface area contributed by atoms with E-state index < -0.39 is 5.91 Å². The summed E-state index contributed by atoms with van der Waals surface area (Å²) < 4.78 is 7.55. The second kappa shape index (κ2) is 9.85. The predicted octanol–water partition coefficient (Wildman–Crippen LogP) is 6.73. The van der Waals surface area contributed by atoms with Gasteiger partial charge in [0.15, 0.2) is 5.82 Å². The molecule has 1 aliphatic carbocycles. The van der Waals surface area contributed by atoms with Gasteiger partial charge in [0.25, 0.3) is 11.8 Å².